The fourth-order valence-electron chi connectivity index (χ4n) is 5.27. The number of benzene rings is 1. The summed E-state index contributed by atoms with van der Waals surface area (Å²) in [6, 6.07) is 9.73. The molecule has 2 aliphatic rings. The third kappa shape index (κ3) is 4.27. The molecule has 2 saturated heterocycles. The number of pyridine rings is 2. The van der Waals surface area contributed by atoms with Gasteiger partial charge in [0.05, 0.1) is 24.0 Å². The van der Waals surface area contributed by atoms with Gasteiger partial charge in [-0.25, -0.2) is 14.4 Å². The summed E-state index contributed by atoms with van der Waals surface area (Å²) in [5.41, 5.74) is 5.51. The van der Waals surface area contributed by atoms with Crippen molar-refractivity contribution in [2.45, 2.75) is 13.8 Å². The maximum atomic E-state index is 13.3. The molecule has 1 N–H and O–H groups in total. The van der Waals surface area contributed by atoms with Gasteiger partial charge in [0.15, 0.2) is 11.5 Å². The van der Waals surface area contributed by atoms with Crippen molar-refractivity contribution >= 4 is 34.3 Å². The number of fused-ring (bicyclic) bond motifs is 2. The van der Waals surface area contributed by atoms with Gasteiger partial charge in [-0.3, -0.25) is 4.79 Å². The lowest BCUT2D eigenvalue weighted by Gasteiger charge is -2.60. The third-order valence-corrected chi connectivity index (χ3v) is 6.68. The zero-order valence-corrected chi connectivity index (χ0v) is 20.4. The van der Waals surface area contributed by atoms with Gasteiger partial charge in [0, 0.05) is 67.2 Å². The summed E-state index contributed by atoms with van der Waals surface area (Å²) >= 11 is 0. The van der Waals surface area contributed by atoms with Gasteiger partial charge in [-0.05, 0) is 38.6 Å². The molecule has 35 heavy (non-hydrogen) atoms. The number of nitrogens with one attached hydrogen (secondary N) is 1. The van der Waals surface area contributed by atoms with Crippen LogP contribution in [0, 0.1) is 25.1 Å². The molecule has 2 fully saturated rings. The Morgan fingerprint density at radius 2 is 1.86 bits per heavy atom. The molecule has 4 aromatic rings. The summed E-state index contributed by atoms with van der Waals surface area (Å²) in [5.74, 6) is 0.230. The summed E-state index contributed by atoms with van der Waals surface area (Å²) in [6.07, 6.45) is 3.80. The molecule has 1 spiro atoms. The van der Waals surface area contributed by atoms with E-state index in [9.17, 15) is 9.18 Å². The van der Waals surface area contributed by atoms with Crippen LogP contribution in [0.5, 0.6) is 5.88 Å². The average Bonchev–Trinajstić information content (AvgIpc) is 3.17. The standard InChI is InChI=1S/C17H21N3O.C9H8FN3O/c1-12-4-6-14(13-5-7-15(21-3)18-16(12)13)20-10-17(11-20)8-19(2)9-17;1-6-3-13-4-7(11-5-14)2-8(10)9(13)12-6/h4-7H,8-11H2,1-3H3;2-5H,1H3,(H,11,14). The molecule has 3 aromatic heterocycles. The van der Waals surface area contributed by atoms with E-state index >= 15 is 0 Å². The highest BCUT2D eigenvalue weighted by molar-refractivity contribution is 5.94. The van der Waals surface area contributed by atoms with E-state index in [-0.39, 0.29) is 5.65 Å². The number of aryl methyl sites for hydroxylation is 2. The number of hydrogen-bond acceptors (Lipinski definition) is 6. The van der Waals surface area contributed by atoms with Crippen LogP contribution >= 0.6 is 0 Å². The smallest absolute Gasteiger partial charge is 0.213 e. The van der Waals surface area contributed by atoms with Gasteiger partial charge >= 0.3 is 0 Å². The third-order valence-electron chi connectivity index (χ3n) is 6.68. The summed E-state index contributed by atoms with van der Waals surface area (Å²) in [7, 11) is 3.87. The first-order chi connectivity index (χ1) is 16.8. The molecule has 0 bridgehead atoms. The highest BCUT2D eigenvalue weighted by Gasteiger charge is 2.50. The van der Waals surface area contributed by atoms with Crippen molar-refractivity contribution in [1.29, 1.82) is 0 Å². The molecule has 0 radical (unpaired) electrons. The van der Waals surface area contributed by atoms with Crippen molar-refractivity contribution in [3.8, 4) is 5.88 Å². The molecular formula is C26H29FN6O2. The molecule has 182 valence electrons. The Balaban J connectivity index is 0.000000158. The molecule has 0 saturated carbocycles. The Bertz CT molecular complexity index is 1400. The Morgan fingerprint density at radius 1 is 1.09 bits per heavy atom. The van der Waals surface area contributed by atoms with Crippen molar-refractivity contribution < 1.29 is 13.9 Å². The zero-order valence-electron chi connectivity index (χ0n) is 20.4. The molecule has 0 atom stereocenters. The van der Waals surface area contributed by atoms with Crippen LogP contribution in [0.4, 0.5) is 15.8 Å². The van der Waals surface area contributed by atoms with Crippen LogP contribution in [0.2, 0.25) is 0 Å². The predicted molar refractivity (Wildman–Crippen MR) is 135 cm³/mol. The second-order valence-corrected chi connectivity index (χ2v) is 9.63. The van der Waals surface area contributed by atoms with E-state index in [0.717, 1.165) is 11.2 Å². The minimum Gasteiger partial charge on any atom is -0.481 e. The van der Waals surface area contributed by atoms with E-state index in [1.54, 1.807) is 26.4 Å². The van der Waals surface area contributed by atoms with Crippen LogP contribution in [0.15, 0.2) is 42.7 Å². The number of ether oxygens (including phenoxy) is 1. The molecule has 0 aliphatic carbocycles. The molecular weight excluding hydrogens is 447 g/mol. The number of rotatable bonds is 4. The normalized spacial score (nSPS) is 16.4. The maximum absolute atomic E-state index is 13.3. The molecule has 8 nitrogen and oxygen atoms in total. The van der Waals surface area contributed by atoms with Crippen LogP contribution in [0.25, 0.3) is 16.6 Å². The fourth-order valence-corrected chi connectivity index (χ4v) is 5.27. The summed E-state index contributed by atoms with van der Waals surface area (Å²) < 4.78 is 20.1. The van der Waals surface area contributed by atoms with Crippen molar-refractivity contribution in [1.82, 2.24) is 19.3 Å². The highest BCUT2D eigenvalue weighted by atomic mass is 19.1. The van der Waals surface area contributed by atoms with Crippen LogP contribution in [0.1, 0.15) is 11.3 Å². The topological polar surface area (TPSA) is 75.0 Å². The van der Waals surface area contributed by atoms with Crippen molar-refractivity contribution in [2.75, 3.05) is 50.6 Å². The molecule has 1 amide bonds. The van der Waals surface area contributed by atoms with Crippen LogP contribution < -0.4 is 15.0 Å². The van der Waals surface area contributed by atoms with Gasteiger partial charge in [-0.2, -0.15) is 0 Å². The number of nitrogens with zero attached hydrogens (tertiary/aromatic N) is 5. The number of imidazole rings is 1. The average molecular weight is 477 g/mol. The molecule has 5 heterocycles. The number of halogens is 1. The van der Waals surface area contributed by atoms with Gasteiger partial charge in [0.25, 0.3) is 0 Å². The first-order valence-corrected chi connectivity index (χ1v) is 11.5. The minimum atomic E-state index is -0.454. The fraction of sp³-hybridized carbons (Fsp3) is 0.346. The Labute approximate surface area is 203 Å². The van der Waals surface area contributed by atoms with E-state index in [2.05, 4.69) is 57.3 Å². The lowest BCUT2D eigenvalue weighted by molar-refractivity contribution is -0.105. The number of methoxy groups -OCH3 is 1. The lowest BCUT2D eigenvalue weighted by atomic mass is 9.73. The molecule has 2 aliphatic heterocycles. The SMILES string of the molecule is COc1ccc2c(N3CC4(CN(C)C4)C3)ccc(C)c2n1.Cc1cn2cc(NC=O)cc(F)c2n1. The second-order valence-electron chi connectivity index (χ2n) is 9.63. The molecule has 1 aromatic carbocycles. The lowest BCUT2D eigenvalue weighted by Crippen LogP contribution is -2.71. The van der Waals surface area contributed by atoms with E-state index in [1.165, 1.54) is 53.3 Å². The van der Waals surface area contributed by atoms with Crippen molar-refractivity contribution in [3.05, 3.63) is 59.8 Å². The number of aromatic nitrogens is 3. The Morgan fingerprint density at radius 3 is 2.54 bits per heavy atom. The first kappa shape index (κ1) is 23.0. The van der Waals surface area contributed by atoms with Crippen LogP contribution in [0.3, 0.4) is 0 Å². The second kappa shape index (κ2) is 8.81. The van der Waals surface area contributed by atoms with Crippen LogP contribution in [-0.2, 0) is 4.79 Å². The number of anilines is 2. The van der Waals surface area contributed by atoms with Gasteiger partial charge < -0.3 is 24.3 Å². The first-order valence-electron chi connectivity index (χ1n) is 11.5. The van der Waals surface area contributed by atoms with Gasteiger partial charge in [0.2, 0.25) is 12.3 Å². The quantitative estimate of drug-likeness (QED) is 0.453. The highest BCUT2D eigenvalue weighted by Crippen LogP contribution is 2.43. The van der Waals surface area contributed by atoms with E-state index in [4.69, 9.17) is 4.74 Å². The number of carbonyl (C=O) groups excluding carboxylic acids is 1. The van der Waals surface area contributed by atoms with Gasteiger partial charge in [-0.15, -0.1) is 0 Å². The number of carbonyl (C=O) groups is 1. The van der Waals surface area contributed by atoms with E-state index in [1.807, 2.05) is 6.07 Å². The minimum absolute atomic E-state index is 0.263. The Hall–Kier alpha value is -3.72. The predicted octanol–water partition coefficient (Wildman–Crippen LogP) is 3.65. The zero-order chi connectivity index (χ0) is 24.7. The van der Waals surface area contributed by atoms with E-state index in [0.29, 0.717) is 23.4 Å². The summed E-state index contributed by atoms with van der Waals surface area (Å²) in [6.45, 7) is 8.69. The maximum Gasteiger partial charge on any atom is 0.213 e. The number of amides is 1. The molecule has 9 heteroatoms. The van der Waals surface area contributed by atoms with E-state index < -0.39 is 5.82 Å². The molecule has 0 unspecified atom stereocenters. The summed E-state index contributed by atoms with van der Waals surface area (Å²) in [5, 5.41) is 3.62. The summed E-state index contributed by atoms with van der Waals surface area (Å²) in [4.78, 5) is 23.7. The monoisotopic (exact) mass is 476 g/mol. The van der Waals surface area contributed by atoms with Crippen molar-refractivity contribution in [2.24, 2.45) is 5.41 Å². The Kier molecular flexibility index (Phi) is 5.80. The number of likely N-dealkylation sites (tertiary alicyclic amines) is 1. The van der Waals surface area contributed by atoms with Gasteiger partial charge in [0.1, 0.15) is 0 Å². The van der Waals surface area contributed by atoms with Crippen LogP contribution in [-0.4, -0.2) is 66.0 Å². The number of hydrogen-bond donors (Lipinski definition) is 1. The van der Waals surface area contributed by atoms with Crippen molar-refractivity contribution in [3.63, 3.8) is 0 Å². The largest absolute Gasteiger partial charge is 0.481 e. The van der Waals surface area contributed by atoms with Gasteiger partial charge in [-0.1, -0.05) is 6.07 Å². The molecule has 6 rings (SSSR count).